The van der Waals surface area contributed by atoms with Crippen LogP contribution >= 0.6 is 0 Å². The van der Waals surface area contributed by atoms with Crippen molar-refractivity contribution in [3.05, 3.63) is 24.3 Å². The Morgan fingerprint density at radius 3 is 2.21 bits per heavy atom. The van der Waals surface area contributed by atoms with E-state index in [4.69, 9.17) is 0 Å². The minimum atomic E-state index is -0.181. The summed E-state index contributed by atoms with van der Waals surface area (Å²) in [5.41, 5.74) is 1.87. The molecule has 1 aliphatic carbocycles. The van der Waals surface area contributed by atoms with Gasteiger partial charge in [-0.05, 0) is 49.9 Å². The Bertz CT molecular complexity index is 588. The molecule has 0 bridgehead atoms. The maximum Gasteiger partial charge on any atom is 0.319 e. The Morgan fingerprint density at radius 2 is 1.67 bits per heavy atom. The second-order valence-corrected chi connectivity index (χ2v) is 6.91. The third-order valence-corrected chi connectivity index (χ3v) is 4.71. The van der Waals surface area contributed by atoms with Crippen LogP contribution in [0.15, 0.2) is 24.3 Å². The smallest absolute Gasteiger partial charge is 0.319 e. The molecular weight excluding hydrogens is 304 g/mol. The fourth-order valence-corrected chi connectivity index (χ4v) is 3.03. The zero-order valence-corrected chi connectivity index (χ0v) is 14.4. The SMILES string of the molecule is CN(C)c1ccc(NC(=O)NC2CCN(C(=O)C3CC3)CC2)cc1. The maximum atomic E-state index is 12.1. The zero-order chi connectivity index (χ0) is 17.1. The lowest BCUT2D eigenvalue weighted by Gasteiger charge is -2.32. The van der Waals surface area contributed by atoms with Crippen molar-refractivity contribution in [1.29, 1.82) is 0 Å². The van der Waals surface area contributed by atoms with E-state index in [1.807, 2.05) is 48.2 Å². The molecule has 24 heavy (non-hydrogen) atoms. The summed E-state index contributed by atoms with van der Waals surface area (Å²) >= 11 is 0. The second-order valence-electron chi connectivity index (χ2n) is 6.91. The maximum absolute atomic E-state index is 12.1. The number of rotatable bonds is 4. The minimum Gasteiger partial charge on any atom is -0.378 e. The van der Waals surface area contributed by atoms with E-state index in [1.54, 1.807) is 0 Å². The highest BCUT2D eigenvalue weighted by molar-refractivity contribution is 5.89. The van der Waals surface area contributed by atoms with Crippen LogP contribution < -0.4 is 15.5 Å². The molecule has 6 nitrogen and oxygen atoms in total. The lowest BCUT2D eigenvalue weighted by atomic mass is 10.0. The molecule has 6 heteroatoms. The van der Waals surface area contributed by atoms with Crippen LogP contribution in [0.5, 0.6) is 0 Å². The summed E-state index contributed by atoms with van der Waals surface area (Å²) in [7, 11) is 3.96. The molecule has 0 radical (unpaired) electrons. The number of urea groups is 1. The van der Waals surface area contributed by atoms with Crippen LogP contribution in [0.2, 0.25) is 0 Å². The van der Waals surface area contributed by atoms with Crippen LogP contribution in [0.25, 0.3) is 0 Å². The van der Waals surface area contributed by atoms with Gasteiger partial charge in [-0.3, -0.25) is 4.79 Å². The van der Waals surface area contributed by atoms with Gasteiger partial charge in [-0.25, -0.2) is 4.79 Å². The van der Waals surface area contributed by atoms with Gasteiger partial charge in [-0.15, -0.1) is 0 Å². The van der Waals surface area contributed by atoms with Crippen molar-refractivity contribution in [3.8, 4) is 0 Å². The number of carbonyl (C=O) groups excluding carboxylic acids is 2. The number of anilines is 2. The largest absolute Gasteiger partial charge is 0.378 e. The summed E-state index contributed by atoms with van der Waals surface area (Å²) in [6.45, 7) is 1.50. The molecular formula is C18H26N4O2. The number of amides is 3. The predicted molar refractivity (Wildman–Crippen MR) is 95.2 cm³/mol. The molecule has 1 heterocycles. The molecule has 2 aliphatic rings. The Labute approximate surface area is 143 Å². The molecule has 2 fully saturated rings. The number of hydrogen-bond acceptors (Lipinski definition) is 3. The molecule has 3 rings (SSSR count). The van der Waals surface area contributed by atoms with E-state index in [0.717, 1.165) is 50.1 Å². The van der Waals surface area contributed by atoms with Crippen molar-refractivity contribution in [2.75, 3.05) is 37.4 Å². The third kappa shape index (κ3) is 4.19. The summed E-state index contributed by atoms with van der Waals surface area (Å²) in [5, 5.41) is 5.88. The summed E-state index contributed by atoms with van der Waals surface area (Å²) in [6, 6.07) is 7.68. The first-order chi connectivity index (χ1) is 11.5. The Hall–Kier alpha value is -2.24. The van der Waals surface area contributed by atoms with E-state index < -0.39 is 0 Å². The van der Waals surface area contributed by atoms with Gasteiger partial charge in [0.2, 0.25) is 5.91 Å². The number of hydrogen-bond donors (Lipinski definition) is 2. The van der Waals surface area contributed by atoms with Gasteiger partial charge in [0.25, 0.3) is 0 Å². The average Bonchev–Trinajstić information content (AvgIpc) is 3.40. The second kappa shape index (κ2) is 7.11. The number of carbonyl (C=O) groups is 2. The quantitative estimate of drug-likeness (QED) is 0.890. The van der Waals surface area contributed by atoms with Gasteiger partial charge in [0, 0.05) is 50.5 Å². The van der Waals surface area contributed by atoms with Crippen LogP contribution in [0.3, 0.4) is 0 Å². The zero-order valence-electron chi connectivity index (χ0n) is 14.4. The van der Waals surface area contributed by atoms with Crippen LogP contribution in [0.4, 0.5) is 16.2 Å². The number of benzene rings is 1. The summed E-state index contributed by atoms with van der Waals surface area (Å²) in [4.78, 5) is 28.1. The van der Waals surface area contributed by atoms with Crippen LogP contribution in [-0.2, 0) is 4.79 Å². The molecule has 1 aromatic carbocycles. The molecule has 1 saturated heterocycles. The van der Waals surface area contributed by atoms with Gasteiger partial charge in [0.1, 0.15) is 0 Å². The highest BCUT2D eigenvalue weighted by Gasteiger charge is 2.35. The summed E-state index contributed by atoms with van der Waals surface area (Å²) in [5.74, 6) is 0.585. The topological polar surface area (TPSA) is 64.7 Å². The van der Waals surface area contributed by atoms with Crippen LogP contribution in [0.1, 0.15) is 25.7 Å². The molecule has 0 unspecified atom stereocenters. The first-order valence-electron chi connectivity index (χ1n) is 8.66. The van der Waals surface area contributed by atoms with Crippen LogP contribution in [0, 0.1) is 5.92 Å². The highest BCUT2D eigenvalue weighted by Crippen LogP contribution is 2.31. The average molecular weight is 330 g/mol. The molecule has 1 aromatic rings. The van der Waals surface area contributed by atoms with Gasteiger partial charge in [0.15, 0.2) is 0 Å². The molecule has 0 aromatic heterocycles. The van der Waals surface area contributed by atoms with Gasteiger partial charge < -0.3 is 20.4 Å². The normalized spacial score (nSPS) is 18.2. The van der Waals surface area contributed by atoms with Gasteiger partial charge in [-0.2, -0.15) is 0 Å². The summed E-state index contributed by atoms with van der Waals surface area (Å²) < 4.78 is 0. The number of nitrogens with zero attached hydrogens (tertiary/aromatic N) is 2. The van der Waals surface area contributed by atoms with E-state index in [2.05, 4.69) is 10.6 Å². The first kappa shape index (κ1) is 16.6. The first-order valence-corrected chi connectivity index (χ1v) is 8.66. The van der Waals surface area contributed by atoms with Gasteiger partial charge >= 0.3 is 6.03 Å². The molecule has 1 saturated carbocycles. The number of piperidine rings is 1. The van der Waals surface area contributed by atoms with Gasteiger partial charge in [-0.1, -0.05) is 0 Å². The van der Waals surface area contributed by atoms with Crippen molar-refractivity contribution < 1.29 is 9.59 Å². The third-order valence-electron chi connectivity index (χ3n) is 4.71. The highest BCUT2D eigenvalue weighted by atomic mass is 16.2. The fourth-order valence-electron chi connectivity index (χ4n) is 3.03. The van der Waals surface area contributed by atoms with E-state index in [0.29, 0.717) is 5.91 Å². The molecule has 0 atom stereocenters. The van der Waals surface area contributed by atoms with Crippen molar-refractivity contribution >= 4 is 23.3 Å². The van der Waals surface area contributed by atoms with E-state index in [1.165, 1.54) is 0 Å². The lowest BCUT2D eigenvalue weighted by molar-refractivity contribution is -0.133. The van der Waals surface area contributed by atoms with Gasteiger partial charge in [0.05, 0.1) is 0 Å². The predicted octanol–water partition coefficient (Wildman–Crippen LogP) is 2.28. The molecule has 2 N–H and O–H groups in total. The Morgan fingerprint density at radius 1 is 1.04 bits per heavy atom. The number of likely N-dealkylation sites (tertiary alicyclic amines) is 1. The van der Waals surface area contributed by atoms with Crippen molar-refractivity contribution in [2.45, 2.75) is 31.7 Å². The van der Waals surface area contributed by atoms with E-state index in [-0.39, 0.29) is 18.0 Å². The minimum absolute atomic E-state index is 0.134. The molecule has 3 amide bonds. The molecule has 0 spiro atoms. The number of nitrogens with one attached hydrogen (secondary N) is 2. The Kier molecular flexibility index (Phi) is 4.92. The fraction of sp³-hybridized carbons (Fsp3) is 0.556. The summed E-state index contributed by atoms with van der Waals surface area (Å²) in [6.07, 6.45) is 3.74. The van der Waals surface area contributed by atoms with E-state index in [9.17, 15) is 9.59 Å². The lowest BCUT2D eigenvalue weighted by Crippen LogP contribution is -2.47. The van der Waals surface area contributed by atoms with Crippen LogP contribution in [-0.4, -0.2) is 50.1 Å². The standard InChI is InChI=1S/C18H26N4O2/c1-21(2)16-7-5-14(6-8-16)19-18(24)20-15-9-11-22(12-10-15)17(23)13-3-4-13/h5-8,13,15H,3-4,9-12H2,1-2H3,(H2,19,20,24). The monoisotopic (exact) mass is 330 g/mol. The van der Waals surface area contributed by atoms with Crippen molar-refractivity contribution in [2.24, 2.45) is 5.92 Å². The van der Waals surface area contributed by atoms with Crippen molar-refractivity contribution in [3.63, 3.8) is 0 Å². The molecule has 1 aliphatic heterocycles. The van der Waals surface area contributed by atoms with Crippen molar-refractivity contribution in [1.82, 2.24) is 10.2 Å². The molecule has 130 valence electrons. The van der Waals surface area contributed by atoms with E-state index >= 15 is 0 Å². The Balaban J connectivity index is 1.43.